The third kappa shape index (κ3) is 4.75. The fourth-order valence-electron chi connectivity index (χ4n) is 1.86. The molecule has 1 aromatic heterocycles. The van der Waals surface area contributed by atoms with E-state index in [1.165, 1.54) is 5.56 Å². The van der Waals surface area contributed by atoms with Crippen molar-refractivity contribution >= 4 is 0 Å². The van der Waals surface area contributed by atoms with Crippen LogP contribution in [0, 0.1) is 0 Å². The summed E-state index contributed by atoms with van der Waals surface area (Å²) in [6, 6.07) is 4.33. The Morgan fingerprint density at radius 1 is 1.22 bits per heavy atom. The van der Waals surface area contributed by atoms with E-state index in [-0.39, 0.29) is 0 Å². The van der Waals surface area contributed by atoms with Crippen LogP contribution in [0.15, 0.2) is 18.3 Å². The first-order valence-corrected chi connectivity index (χ1v) is 7.00. The van der Waals surface area contributed by atoms with Crippen molar-refractivity contribution in [2.45, 2.75) is 40.2 Å². The molecule has 0 atom stereocenters. The number of hydrogen-bond donors (Lipinski definition) is 0. The van der Waals surface area contributed by atoms with Crippen molar-refractivity contribution in [2.75, 3.05) is 26.3 Å². The van der Waals surface area contributed by atoms with Crippen molar-refractivity contribution in [2.24, 2.45) is 0 Å². The summed E-state index contributed by atoms with van der Waals surface area (Å²) in [4.78, 5) is 6.90. The zero-order valence-corrected chi connectivity index (χ0v) is 12.1. The maximum absolute atomic E-state index is 5.33. The van der Waals surface area contributed by atoms with E-state index in [0.29, 0.717) is 5.92 Å². The number of aromatic nitrogens is 1. The molecular weight excluding hydrogens is 224 g/mol. The topological polar surface area (TPSA) is 25.4 Å². The van der Waals surface area contributed by atoms with Crippen molar-refractivity contribution < 1.29 is 4.74 Å². The predicted octanol–water partition coefficient (Wildman–Crippen LogP) is 3.06. The van der Waals surface area contributed by atoms with Gasteiger partial charge in [-0.3, -0.25) is 9.88 Å². The number of morpholine rings is 1. The normalized spacial score (nSPS) is 16.3. The van der Waals surface area contributed by atoms with Gasteiger partial charge < -0.3 is 4.74 Å². The van der Waals surface area contributed by atoms with Crippen LogP contribution < -0.4 is 0 Å². The molecule has 3 nitrogen and oxygen atoms in total. The van der Waals surface area contributed by atoms with E-state index in [9.17, 15) is 0 Å². The van der Waals surface area contributed by atoms with Crippen molar-refractivity contribution in [3.63, 3.8) is 0 Å². The van der Waals surface area contributed by atoms with Crippen LogP contribution in [-0.2, 0) is 11.3 Å². The van der Waals surface area contributed by atoms with Gasteiger partial charge in [-0.05, 0) is 17.5 Å². The van der Waals surface area contributed by atoms with Gasteiger partial charge in [0.15, 0.2) is 0 Å². The largest absolute Gasteiger partial charge is 0.379 e. The maximum atomic E-state index is 5.33. The van der Waals surface area contributed by atoms with Crippen LogP contribution in [0.2, 0.25) is 0 Å². The highest BCUT2D eigenvalue weighted by Gasteiger charge is 2.11. The molecule has 0 bridgehead atoms. The number of nitrogens with zero attached hydrogens (tertiary/aromatic N) is 2. The second-order valence-corrected chi connectivity index (χ2v) is 4.63. The molecule has 0 aromatic carbocycles. The van der Waals surface area contributed by atoms with Crippen LogP contribution in [0.25, 0.3) is 0 Å². The zero-order chi connectivity index (χ0) is 13.4. The molecule has 1 saturated heterocycles. The minimum Gasteiger partial charge on any atom is -0.379 e. The van der Waals surface area contributed by atoms with Crippen LogP contribution in [0.4, 0.5) is 0 Å². The highest BCUT2D eigenvalue weighted by molar-refractivity contribution is 5.17. The minimum absolute atomic E-state index is 0.560. The lowest BCUT2D eigenvalue weighted by molar-refractivity contribution is 0.0336. The van der Waals surface area contributed by atoms with Gasteiger partial charge in [0.1, 0.15) is 0 Å². The number of hydrogen-bond acceptors (Lipinski definition) is 3. The summed E-state index contributed by atoms with van der Waals surface area (Å²) in [6.45, 7) is 13.1. The summed E-state index contributed by atoms with van der Waals surface area (Å²) >= 11 is 0. The summed E-state index contributed by atoms with van der Waals surface area (Å²) in [5.41, 5.74) is 2.47. The summed E-state index contributed by atoms with van der Waals surface area (Å²) < 4.78 is 5.33. The highest BCUT2D eigenvalue weighted by atomic mass is 16.5. The van der Waals surface area contributed by atoms with E-state index in [2.05, 4.69) is 35.9 Å². The van der Waals surface area contributed by atoms with Crippen molar-refractivity contribution in [3.05, 3.63) is 29.6 Å². The van der Waals surface area contributed by atoms with E-state index >= 15 is 0 Å². The number of ether oxygens (including phenoxy) is 1. The molecule has 3 heteroatoms. The quantitative estimate of drug-likeness (QED) is 0.824. The van der Waals surface area contributed by atoms with Gasteiger partial charge in [0.25, 0.3) is 0 Å². The molecule has 0 radical (unpaired) electrons. The smallest absolute Gasteiger partial charge is 0.0594 e. The van der Waals surface area contributed by atoms with E-state index in [1.54, 1.807) is 0 Å². The summed E-state index contributed by atoms with van der Waals surface area (Å²) in [6.07, 6.45) is 2.00. The molecule has 102 valence electrons. The zero-order valence-electron chi connectivity index (χ0n) is 12.1. The first-order chi connectivity index (χ1) is 8.75. The van der Waals surface area contributed by atoms with Gasteiger partial charge in [0.05, 0.1) is 18.9 Å². The van der Waals surface area contributed by atoms with Gasteiger partial charge >= 0.3 is 0 Å². The first kappa shape index (κ1) is 15.1. The van der Waals surface area contributed by atoms with Gasteiger partial charge in [-0.15, -0.1) is 0 Å². The molecular formula is C15H26N2O. The Morgan fingerprint density at radius 3 is 2.39 bits per heavy atom. The van der Waals surface area contributed by atoms with Crippen LogP contribution in [-0.4, -0.2) is 36.2 Å². The highest BCUT2D eigenvalue weighted by Crippen LogP contribution is 2.13. The Bertz CT molecular complexity index is 316. The molecule has 0 spiro atoms. The van der Waals surface area contributed by atoms with E-state index in [4.69, 9.17) is 4.74 Å². The standard InChI is InChI=1S/C13H20N2O.C2H6/c1-11(2)12-3-4-13(14-9-12)10-15-5-7-16-8-6-15;1-2/h3-4,9,11H,5-8,10H2,1-2H3;1-2H3. The first-order valence-electron chi connectivity index (χ1n) is 7.00. The lowest BCUT2D eigenvalue weighted by Gasteiger charge is -2.26. The van der Waals surface area contributed by atoms with Gasteiger partial charge in [0.2, 0.25) is 0 Å². The maximum Gasteiger partial charge on any atom is 0.0594 e. The molecule has 1 fully saturated rings. The van der Waals surface area contributed by atoms with Crippen molar-refractivity contribution in [1.82, 2.24) is 9.88 Å². The van der Waals surface area contributed by atoms with Crippen LogP contribution in [0.5, 0.6) is 0 Å². The predicted molar refractivity (Wildman–Crippen MR) is 75.8 cm³/mol. The lowest BCUT2D eigenvalue weighted by Crippen LogP contribution is -2.35. The Labute approximate surface area is 111 Å². The lowest BCUT2D eigenvalue weighted by atomic mass is 10.1. The molecule has 1 aromatic rings. The molecule has 1 aliphatic rings. The Balaban J connectivity index is 0.000000771. The van der Waals surface area contributed by atoms with Crippen LogP contribution in [0.1, 0.15) is 44.9 Å². The molecule has 0 unspecified atom stereocenters. The fourth-order valence-corrected chi connectivity index (χ4v) is 1.86. The van der Waals surface area contributed by atoms with Crippen molar-refractivity contribution in [3.8, 4) is 0 Å². The summed E-state index contributed by atoms with van der Waals surface area (Å²) in [5.74, 6) is 0.560. The third-order valence-electron chi connectivity index (χ3n) is 3.00. The second-order valence-electron chi connectivity index (χ2n) is 4.63. The Kier molecular flexibility index (Phi) is 6.91. The monoisotopic (exact) mass is 250 g/mol. The Morgan fingerprint density at radius 2 is 1.89 bits per heavy atom. The molecule has 0 N–H and O–H groups in total. The van der Waals surface area contributed by atoms with E-state index in [1.807, 2.05) is 20.0 Å². The minimum atomic E-state index is 0.560. The van der Waals surface area contributed by atoms with Crippen LogP contribution >= 0.6 is 0 Å². The number of pyridine rings is 1. The Hall–Kier alpha value is -0.930. The van der Waals surface area contributed by atoms with E-state index < -0.39 is 0 Å². The van der Waals surface area contributed by atoms with Gasteiger partial charge in [-0.2, -0.15) is 0 Å². The van der Waals surface area contributed by atoms with E-state index in [0.717, 1.165) is 38.5 Å². The molecule has 0 amide bonds. The molecule has 18 heavy (non-hydrogen) atoms. The van der Waals surface area contributed by atoms with Gasteiger partial charge in [0, 0.05) is 25.8 Å². The van der Waals surface area contributed by atoms with Gasteiger partial charge in [-0.25, -0.2) is 0 Å². The van der Waals surface area contributed by atoms with Gasteiger partial charge in [-0.1, -0.05) is 33.8 Å². The molecule has 2 rings (SSSR count). The average molecular weight is 250 g/mol. The number of rotatable bonds is 3. The second kappa shape index (κ2) is 8.22. The van der Waals surface area contributed by atoms with Crippen molar-refractivity contribution in [1.29, 1.82) is 0 Å². The fraction of sp³-hybridized carbons (Fsp3) is 0.667. The SMILES string of the molecule is CC.CC(C)c1ccc(CN2CCOCC2)nc1. The molecule has 2 heterocycles. The molecule has 0 aliphatic carbocycles. The average Bonchev–Trinajstić information content (AvgIpc) is 2.43. The molecule has 0 saturated carbocycles. The summed E-state index contributed by atoms with van der Waals surface area (Å²) in [5, 5.41) is 0. The van der Waals surface area contributed by atoms with Crippen LogP contribution in [0.3, 0.4) is 0 Å². The summed E-state index contributed by atoms with van der Waals surface area (Å²) in [7, 11) is 0. The molecule has 1 aliphatic heterocycles. The third-order valence-corrected chi connectivity index (χ3v) is 3.00.